The molecule has 0 bridgehead atoms. The number of ether oxygens (including phenoxy) is 1. The van der Waals surface area contributed by atoms with Gasteiger partial charge in [-0.1, -0.05) is 0 Å². The highest BCUT2D eigenvalue weighted by molar-refractivity contribution is 5.78. The first-order valence-corrected chi connectivity index (χ1v) is 4.09. The molecule has 3 heteroatoms. The van der Waals surface area contributed by atoms with Gasteiger partial charge in [-0.05, 0) is 19.8 Å². The fourth-order valence-electron chi connectivity index (χ4n) is 1.27. The maximum absolute atomic E-state index is 7.15. The molecule has 0 radical (unpaired) electrons. The zero-order chi connectivity index (χ0) is 8.32. The van der Waals surface area contributed by atoms with Gasteiger partial charge in [-0.15, -0.1) is 0 Å². The van der Waals surface area contributed by atoms with Gasteiger partial charge in [0, 0.05) is 18.4 Å². The van der Waals surface area contributed by atoms with Crippen molar-refractivity contribution in [3.05, 3.63) is 0 Å². The molecule has 1 saturated carbocycles. The summed E-state index contributed by atoms with van der Waals surface area (Å²) in [5.74, 6) is 0.294. The van der Waals surface area contributed by atoms with Gasteiger partial charge in [0.1, 0.15) is 0 Å². The summed E-state index contributed by atoms with van der Waals surface area (Å²) in [7, 11) is 0. The lowest BCUT2D eigenvalue weighted by atomic mass is 10.0. The van der Waals surface area contributed by atoms with Gasteiger partial charge in [0.05, 0.1) is 12.4 Å². The smallest absolute Gasteiger partial charge is 0.0911 e. The molecule has 3 N–H and O–H groups in total. The minimum absolute atomic E-state index is 0.252. The van der Waals surface area contributed by atoms with Gasteiger partial charge in [-0.25, -0.2) is 0 Å². The molecule has 11 heavy (non-hydrogen) atoms. The average molecular weight is 156 g/mol. The van der Waals surface area contributed by atoms with E-state index in [0.29, 0.717) is 12.3 Å². The fraction of sp³-hybridized carbons (Fsp3) is 0.875. The van der Waals surface area contributed by atoms with Crippen LogP contribution in [0.1, 0.15) is 26.2 Å². The number of hydrogen-bond donors (Lipinski definition) is 2. The minimum atomic E-state index is 0.252. The Kier molecular flexibility index (Phi) is 2.49. The summed E-state index contributed by atoms with van der Waals surface area (Å²) in [5, 5.41) is 7.15. The van der Waals surface area contributed by atoms with E-state index in [4.69, 9.17) is 15.9 Å². The van der Waals surface area contributed by atoms with Crippen LogP contribution in [0.5, 0.6) is 0 Å². The van der Waals surface area contributed by atoms with Crippen molar-refractivity contribution in [1.82, 2.24) is 0 Å². The summed E-state index contributed by atoms with van der Waals surface area (Å²) in [6.07, 6.45) is 3.06. The quantitative estimate of drug-likeness (QED) is 0.463. The molecule has 0 aromatic heterocycles. The third kappa shape index (κ3) is 2.50. The highest BCUT2D eigenvalue weighted by Crippen LogP contribution is 2.48. The summed E-state index contributed by atoms with van der Waals surface area (Å²) in [5.41, 5.74) is 5.57. The van der Waals surface area contributed by atoms with Crippen molar-refractivity contribution in [2.75, 3.05) is 13.2 Å². The van der Waals surface area contributed by atoms with Crippen molar-refractivity contribution >= 4 is 5.84 Å². The molecule has 1 rings (SSSR count). The first-order chi connectivity index (χ1) is 5.18. The molecule has 3 nitrogen and oxygen atoms in total. The molecule has 0 amide bonds. The highest BCUT2D eigenvalue weighted by atomic mass is 16.5. The summed E-state index contributed by atoms with van der Waals surface area (Å²) in [4.78, 5) is 0. The molecule has 0 atom stereocenters. The van der Waals surface area contributed by atoms with Crippen molar-refractivity contribution in [2.45, 2.75) is 26.2 Å². The molecule has 64 valence electrons. The van der Waals surface area contributed by atoms with Crippen LogP contribution in [0.4, 0.5) is 0 Å². The number of nitrogens with one attached hydrogen (secondary N) is 1. The normalized spacial score (nSPS) is 19.7. The van der Waals surface area contributed by atoms with E-state index in [-0.39, 0.29) is 5.41 Å². The van der Waals surface area contributed by atoms with Crippen molar-refractivity contribution in [1.29, 1.82) is 5.41 Å². The van der Waals surface area contributed by atoms with E-state index in [1.807, 2.05) is 6.92 Å². The number of amidine groups is 1. The SMILES string of the molecule is CCOCC1(CC(=N)N)CC1. The van der Waals surface area contributed by atoms with Gasteiger partial charge in [0.2, 0.25) is 0 Å². The third-order valence-electron chi connectivity index (χ3n) is 2.13. The first-order valence-electron chi connectivity index (χ1n) is 4.09. The molecule has 0 spiro atoms. The maximum atomic E-state index is 7.15. The van der Waals surface area contributed by atoms with Crippen LogP contribution in [0.2, 0.25) is 0 Å². The second-order valence-electron chi connectivity index (χ2n) is 3.34. The van der Waals surface area contributed by atoms with E-state index in [9.17, 15) is 0 Å². The Morgan fingerprint density at radius 2 is 2.27 bits per heavy atom. The molecule has 0 saturated heterocycles. The lowest BCUT2D eigenvalue weighted by Gasteiger charge is -2.12. The molecule has 1 aliphatic rings. The Labute approximate surface area is 67.4 Å². The maximum Gasteiger partial charge on any atom is 0.0911 e. The third-order valence-corrected chi connectivity index (χ3v) is 2.13. The Morgan fingerprint density at radius 3 is 2.64 bits per heavy atom. The number of nitrogens with two attached hydrogens (primary N) is 1. The van der Waals surface area contributed by atoms with Gasteiger partial charge >= 0.3 is 0 Å². The zero-order valence-electron chi connectivity index (χ0n) is 7.02. The Bertz CT molecular complexity index is 152. The molecule has 0 aliphatic heterocycles. The number of rotatable bonds is 5. The Balaban J connectivity index is 2.23. The van der Waals surface area contributed by atoms with E-state index in [0.717, 1.165) is 13.2 Å². The van der Waals surface area contributed by atoms with Crippen molar-refractivity contribution in [3.8, 4) is 0 Å². The molecular formula is C8H16N2O. The van der Waals surface area contributed by atoms with Crippen molar-refractivity contribution in [2.24, 2.45) is 11.1 Å². The van der Waals surface area contributed by atoms with Crippen LogP contribution in [0, 0.1) is 10.8 Å². The molecule has 1 fully saturated rings. The summed E-state index contributed by atoms with van der Waals surface area (Å²) in [6, 6.07) is 0. The van der Waals surface area contributed by atoms with E-state index < -0.39 is 0 Å². The lowest BCUT2D eigenvalue weighted by Crippen LogP contribution is -2.20. The molecule has 1 aliphatic carbocycles. The van der Waals surface area contributed by atoms with Crippen LogP contribution in [0.3, 0.4) is 0 Å². The van der Waals surface area contributed by atoms with Gasteiger partial charge in [-0.3, -0.25) is 5.41 Å². The van der Waals surface area contributed by atoms with Gasteiger partial charge in [-0.2, -0.15) is 0 Å². The molecule has 0 aromatic rings. The summed E-state index contributed by atoms with van der Waals surface area (Å²) >= 11 is 0. The van der Waals surface area contributed by atoms with Crippen molar-refractivity contribution < 1.29 is 4.74 Å². The van der Waals surface area contributed by atoms with Gasteiger partial charge in [0.25, 0.3) is 0 Å². The standard InChI is InChI=1S/C8H16N2O/c1-2-11-6-8(3-4-8)5-7(9)10/h2-6H2,1H3,(H3,9,10). The Morgan fingerprint density at radius 1 is 1.64 bits per heavy atom. The predicted octanol–water partition coefficient (Wildman–Crippen LogP) is 1.13. The molecular weight excluding hydrogens is 140 g/mol. The minimum Gasteiger partial charge on any atom is -0.388 e. The van der Waals surface area contributed by atoms with E-state index >= 15 is 0 Å². The lowest BCUT2D eigenvalue weighted by molar-refractivity contribution is 0.103. The first kappa shape index (κ1) is 8.53. The second kappa shape index (κ2) is 3.22. The summed E-state index contributed by atoms with van der Waals surface area (Å²) < 4.78 is 5.31. The van der Waals surface area contributed by atoms with Crippen LogP contribution in [0.15, 0.2) is 0 Å². The van der Waals surface area contributed by atoms with Gasteiger partial charge < -0.3 is 10.5 Å². The van der Waals surface area contributed by atoms with Crippen molar-refractivity contribution in [3.63, 3.8) is 0 Å². The van der Waals surface area contributed by atoms with E-state index in [1.54, 1.807) is 0 Å². The monoisotopic (exact) mass is 156 g/mol. The van der Waals surface area contributed by atoms with Crippen LogP contribution < -0.4 is 5.73 Å². The average Bonchev–Trinajstić information content (AvgIpc) is 2.64. The van der Waals surface area contributed by atoms with E-state index in [2.05, 4.69) is 0 Å². The largest absolute Gasteiger partial charge is 0.388 e. The topological polar surface area (TPSA) is 59.1 Å². The fourth-order valence-corrected chi connectivity index (χ4v) is 1.27. The predicted molar refractivity (Wildman–Crippen MR) is 44.7 cm³/mol. The molecule has 0 heterocycles. The molecule has 0 aromatic carbocycles. The van der Waals surface area contributed by atoms with Gasteiger partial charge in [0.15, 0.2) is 0 Å². The second-order valence-corrected chi connectivity index (χ2v) is 3.34. The van der Waals surface area contributed by atoms with Crippen LogP contribution in [0.25, 0.3) is 0 Å². The van der Waals surface area contributed by atoms with Crippen LogP contribution in [-0.4, -0.2) is 19.0 Å². The number of hydrogen-bond acceptors (Lipinski definition) is 2. The highest BCUT2D eigenvalue weighted by Gasteiger charge is 2.43. The van der Waals surface area contributed by atoms with Crippen LogP contribution in [-0.2, 0) is 4.74 Å². The Hall–Kier alpha value is -0.570. The molecule has 0 unspecified atom stereocenters. The van der Waals surface area contributed by atoms with Crippen LogP contribution >= 0.6 is 0 Å². The zero-order valence-corrected chi connectivity index (χ0v) is 7.02. The summed E-state index contributed by atoms with van der Waals surface area (Å²) in [6.45, 7) is 3.53. The van der Waals surface area contributed by atoms with E-state index in [1.165, 1.54) is 12.8 Å².